The molecule has 2 aliphatic heterocycles. The highest BCUT2D eigenvalue weighted by Crippen LogP contribution is 2.30. The van der Waals surface area contributed by atoms with E-state index >= 15 is 0 Å². The number of ether oxygens (including phenoxy) is 2. The van der Waals surface area contributed by atoms with E-state index in [9.17, 15) is 4.79 Å². The number of hydrogen-bond acceptors (Lipinski definition) is 4. The predicted molar refractivity (Wildman–Crippen MR) is 56.4 cm³/mol. The molecule has 15 heavy (non-hydrogen) atoms. The van der Waals surface area contributed by atoms with Gasteiger partial charge in [0.15, 0.2) is 14.6 Å². The Morgan fingerprint density at radius 2 is 2.20 bits per heavy atom. The number of carbonyl (C=O) groups is 1. The third-order valence-corrected chi connectivity index (χ3v) is 2.92. The summed E-state index contributed by atoms with van der Waals surface area (Å²) in [5.74, 6) is 0.250. The molecule has 1 unspecified atom stereocenters. The summed E-state index contributed by atoms with van der Waals surface area (Å²) < 4.78 is 16.3. The molecule has 0 fully saturated rings. The molecule has 0 saturated carbocycles. The summed E-state index contributed by atoms with van der Waals surface area (Å²) in [5.41, 5.74) is 0.716. The molecule has 2 rings (SSSR count). The number of fused-ring (bicyclic) bond motifs is 1. The van der Waals surface area contributed by atoms with Crippen molar-refractivity contribution in [2.24, 2.45) is 0 Å². The fourth-order valence-corrected chi connectivity index (χ4v) is 2.30. The van der Waals surface area contributed by atoms with Gasteiger partial charge in [0.25, 0.3) is 0 Å². The Labute approximate surface area is 89.6 Å². The molecule has 0 aromatic rings. The minimum absolute atomic E-state index is 0.342. The summed E-state index contributed by atoms with van der Waals surface area (Å²) in [6.45, 7) is 6.65. The van der Waals surface area contributed by atoms with Crippen LogP contribution in [0, 0.1) is 0 Å². The van der Waals surface area contributed by atoms with Crippen molar-refractivity contribution in [3.8, 4) is 0 Å². The third-order valence-electron chi connectivity index (χ3n) is 2.00. The zero-order valence-corrected chi connectivity index (χ0v) is 10.1. The molecule has 2 heterocycles. The van der Waals surface area contributed by atoms with Gasteiger partial charge in [0.2, 0.25) is 0 Å². The zero-order chi connectivity index (χ0) is 11.1. The molecule has 0 radical (unpaired) electrons. The van der Waals surface area contributed by atoms with Crippen LogP contribution in [0.25, 0.3) is 0 Å². The maximum atomic E-state index is 11.1. The Hall–Kier alpha value is -0.913. The van der Waals surface area contributed by atoms with Gasteiger partial charge in [-0.25, -0.2) is 4.79 Å². The lowest BCUT2D eigenvalue weighted by Gasteiger charge is -2.28. The van der Waals surface area contributed by atoms with Crippen LogP contribution in [0.5, 0.6) is 0 Å². The van der Waals surface area contributed by atoms with Crippen molar-refractivity contribution in [1.82, 2.24) is 0 Å². The van der Waals surface area contributed by atoms with Crippen molar-refractivity contribution in [3.63, 3.8) is 0 Å². The minimum Gasteiger partial charge on any atom is -0.423 e. The summed E-state index contributed by atoms with van der Waals surface area (Å²) in [6, 6.07) is 0. The van der Waals surface area contributed by atoms with Crippen LogP contribution in [-0.4, -0.2) is 27.2 Å². The Morgan fingerprint density at radius 1 is 1.47 bits per heavy atom. The Morgan fingerprint density at radius 3 is 2.87 bits per heavy atom. The van der Waals surface area contributed by atoms with Crippen molar-refractivity contribution in [3.05, 3.63) is 23.5 Å². The molecule has 0 saturated heterocycles. The quantitative estimate of drug-likeness (QED) is 0.529. The first-order chi connectivity index (χ1) is 6.96. The van der Waals surface area contributed by atoms with E-state index in [0.29, 0.717) is 17.9 Å². The predicted octanol–water partition coefficient (Wildman–Crippen LogP) is 1.56. The van der Waals surface area contributed by atoms with E-state index in [-0.39, 0.29) is 5.97 Å². The smallest absolute Gasteiger partial charge is 0.336 e. The average molecular weight is 226 g/mol. The Balaban J connectivity index is 2.18. The zero-order valence-electron chi connectivity index (χ0n) is 9.07. The van der Waals surface area contributed by atoms with Crippen LogP contribution in [-0.2, 0) is 18.7 Å². The summed E-state index contributed by atoms with van der Waals surface area (Å²) in [5, 5.41) is 0. The fourth-order valence-electron chi connectivity index (χ4n) is 1.46. The normalized spacial score (nSPS) is 25.5. The van der Waals surface area contributed by atoms with E-state index in [0.717, 1.165) is 0 Å². The monoisotopic (exact) mass is 226 g/mol. The first kappa shape index (κ1) is 10.6. The summed E-state index contributed by atoms with van der Waals surface area (Å²) in [7, 11) is -1.69. The van der Waals surface area contributed by atoms with Crippen LogP contribution in [0.15, 0.2) is 23.5 Å². The van der Waals surface area contributed by atoms with Crippen molar-refractivity contribution in [1.29, 1.82) is 0 Å². The Bertz CT molecular complexity index is 351. The number of carbonyl (C=O) groups excluding carboxylic acids is 1. The van der Waals surface area contributed by atoms with Crippen molar-refractivity contribution < 1.29 is 18.7 Å². The van der Waals surface area contributed by atoms with Crippen LogP contribution in [0.4, 0.5) is 0 Å². The molecule has 0 N–H and O–H groups in total. The summed E-state index contributed by atoms with van der Waals surface area (Å²) in [6.07, 6.45) is 2.75. The first-order valence-electron chi connectivity index (χ1n) is 4.89. The summed E-state index contributed by atoms with van der Waals surface area (Å²) >= 11 is 0. The lowest BCUT2D eigenvalue weighted by atomic mass is 10.2. The van der Waals surface area contributed by atoms with E-state index in [1.54, 1.807) is 6.08 Å². The van der Waals surface area contributed by atoms with Crippen LogP contribution in [0.1, 0.15) is 0 Å². The Kier molecular flexibility index (Phi) is 2.53. The molecular formula is C10H14O4Si. The molecule has 5 heteroatoms. The highest BCUT2D eigenvalue weighted by molar-refractivity contribution is 6.69. The standard InChI is InChI=1S/C10H14O4Si/c1-15(2,3)14-10-7-6-9(11)13-8(7)4-5-12-10/h4,6,10H,5H2,1-3H3. The van der Waals surface area contributed by atoms with Gasteiger partial charge in [0, 0.05) is 6.08 Å². The van der Waals surface area contributed by atoms with Gasteiger partial charge in [-0.1, -0.05) is 0 Å². The second-order valence-corrected chi connectivity index (χ2v) is 8.95. The van der Waals surface area contributed by atoms with Gasteiger partial charge in [-0.05, 0) is 25.7 Å². The minimum atomic E-state index is -1.69. The van der Waals surface area contributed by atoms with E-state index < -0.39 is 14.6 Å². The highest BCUT2D eigenvalue weighted by atomic mass is 28.4. The molecule has 0 spiro atoms. The largest absolute Gasteiger partial charge is 0.423 e. The lowest BCUT2D eigenvalue weighted by Crippen LogP contribution is -2.36. The van der Waals surface area contributed by atoms with E-state index in [4.69, 9.17) is 13.9 Å². The second kappa shape index (κ2) is 3.59. The van der Waals surface area contributed by atoms with Crippen molar-refractivity contribution >= 4 is 14.3 Å². The second-order valence-electron chi connectivity index (χ2n) is 4.48. The molecule has 0 amide bonds. The van der Waals surface area contributed by atoms with E-state index in [1.807, 2.05) is 0 Å². The van der Waals surface area contributed by atoms with Crippen LogP contribution < -0.4 is 0 Å². The molecule has 1 atom stereocenters. The van der Waals surface area contributed by atoms with Gasteiger partial charge in [0.05, 0.1) is 12.2 Å². The maximum Gasteiger partial charge on any atom is 0.336 e. The highest BCUT2D eigenvalue weighted by Gasteiger charge is 2.34. The van der Waals surface area contributed by atoms with E-state index in [1.165, 1.54) is 6.08 Å². The van der Waals surface area contributed by atoms with Crippen molar-refractivity contribution in [2.75, 3.05) is 6.61 Å². The van der Waals surface area contributed by atoms with Gasteiger partial charge in [0.1, 0.15) is 5.76 Å². The fraction of sp³-hybridized carbons (Fsp3) is 0.500. The SMILES string of the molecule is C[Si](C)(C)OC1OCC=C2OC(=O)C=C21. The number of rotatable bonds is 2. The average Bonchev–Trinajstić information content (AvgIpc) is 2.43. The van der Waals surface area contributed by atoms with Crippen LogP contribution >= 0.6 is 0 Å². The van der Waals surface area contributed by atoms with Gasteiger partial charge >= 0.3 is 5.97 Å². The molecule has 0 aromatic heterocycles. The lowest BCUT2D eigenvalue weighted by molar-refractivity contribution is -0.132. The summed E-state index contributed by atoms with van der Waals surface area (Å²) in [4.78, 5) is 11.1. The molecule has 2 aliphatic rings. The van der Waals surface area contributed by atoms with Gasteiger partial charge in [-0.2, -0.15) is 0 Å². The van der Waals surface area contributed by atoms with Crippen LogP contribution in [0.3, 0.4) is 0 Å². The molecular weight excluding hydrogens is 212 g/mol. The topological polar surface area (TPSA) is 44.8 Å². The number of hydrogen-bond donors (Lipinski definition) is 0. The van der Waals surface area contributed by atoms with Gasteiger partial charge in [-0.15, -0.1) is 0 Å². The van der Waals surface area contributed by atoms with Gasteiger partial charge in [-0.3, -0.25) is 0 Å². The van der Waals surface area contributed by atoms with Crippen molar-refractivity contribution in [2.45, 2.75) is 25.9 Å². The molecule has 0 aromatic carbocycles. The third kappa shape index (κ3) is 2.36. The van der Waals surface area contributed by atoms with Crippen LogP contribution in [0.2, 0.25) is 19.6 Å². The number of esters is 1. The maximum absolute atomic E-state index is 11.1. The molecule has 4 nitrogen and oxygen atoms in total. The molecule has 82 valence electrons. The first-order valence-corrected chi connectivity index (χ1v) is 8.30. The molecule has 0 aliphatic carbocycles. The molecule has 0 bridgehead atoms. The van der Waals surface area contributed by atoms with E-state index in [2.05, 4.69) is 19.6 Å². The van der Waals surface area contributed by atoms with Gasteiger partial charge < -0.3 is 13.9 Å².